The Hall–Kier alpha value is -1.77. The van der Waals surface area contributed by atoms with E-state index in [4.69, 9.17) is 14.7 Å². The smallest absolute Gasteiger partial charge is 0.309 e. The van der Waals surface area contributed by atoms with Gasteiger partial charge in [0.2, 0.25) is 0 Å². The third-order valence-corrected chi connectivity index (χ3v) is 3.87. The molecular weight excluding hydrogens is 316 g/mol. The van der Waals surface area contributed by atoms with E-state index in [2.05, 4.69) is 11.0 Å². The second kappa shape index (κ2) is 10.1. The molecule has 126 valence electrons. The van der Waals surface area contributed by atoms with E-state index in [1.807, 2.05) is 19.1 Å². The molecule has 6 heteroatoms. The highest BCUT2D eigenvalue weighted by atomic mass is 35.5. The van der Waals surface area contributed by atoms with Crippen molar-refractivity contribution in [2.24, 2.45) is 5.92 Å². The highest BCUT2D eigenvalue weighted by molar-refractivity contribution is 5.85. The maximum absolute atomic E-state index is 11.7. The van der Waals surface area contributed by atoms with Gasteiger partial charge in [-0.05, 0) is 57.1 Å². The van der Waals surface area contributed by atoms with Crippen LogP contribution in [-0.2, 0) is 9.53 Å². The lowest BCUT2D eigenvalue weighted by atomic mass is 9.97. The van der Waals surface area contributed by atoms with Crippen LogP contribution in [0.4, 0.5) is 0 Å². The SMILES string of the molecule is CCOC(=O)C1CCN(CCOc2ccc(C#N)cc2)CC1.Cl. The van der Waals surface area contributed by atoms with Crippen molar-refractivity contribution in [1.29, 1.82) is 5.26 Å². The molecule has 0 N–H and O–H groups in total. The average molecular weight is 339 g/mol. The van der Waals surface area contributed by atoms with Crippen LogP contribution in [-0.4, -0.2) is 43.7 Å². The van der Waals surface area contributed by atoms with Crippen LogP contribution in [0.2, 0.25) is 0 Å². The van der Waals surface area contributed by atoms with E-state index in [0.717, 1.165) is 38.2 Å². The molecule has 1 aromatic carbocycles. The quantitative estimate of drug-likeness (QED) is 0.746. The van der Waals surface area contributed by atoms with E-state index in [1.165, 1.54) is 0 Å². The van der Waals surface area contributed by atoms with E-state index < -0.39 is 0 Å². The number of halogens is 1. The number of benzene rings is 1. The fourth-order valence-corrected chi connectivity index (χ4v) is 2.57. The summed E-state index contributed by atoms with van der Waals surface area (Å²) in [6.45, 7) is 5.55. The van der Waals surface area contributed by atoms with E-state index in [9.17, 15) is 4.79 Å². The molecule has 1 aliphatic heterocycles. The molecule has 23 heavy (non-hydrogen) atoms. The lowest BCUT2D eigenvalue weighted by Gasteiger charge is -2.30. The third kappa shape index (κ3) is 6.09. The largest absolute Gasteiger partial charge is 0.492 e. The number of ether oxygens (including phenoxy) is 2. The van der Waals surface area contributed by atoms with Gasteiger partial charge in [-0.3, -0.25) is 9.69 Å². The Bertz CT molecular complexity index is 520. The molecule has 0 aromatic heterocycles. The first-order valence-corrected chi connectivity index (χ1v) is 7.75. The van der Waals surface area contributed by atoms with Crippen molar-refractivity contribution in [3.05, 3.63) is 29.8 Å². The summed E-state index contributed by atoms with van der Waals surface area (Å²) in [6.07, 6.45) is 1.71. The van der Waals surface area contributed by atoms with Crippen molar-refractivity contribution in [2.45, 2.75) is 19.8 Å². The van der Waals surface area contributed by atoms with Crippen molar-refractivity contribution in [3.8, 4) is 11.8 Å². The molecule has 0 spiro atoms. The Morgan fingerprint density at radius 2 is 1.96 bits per heavy atom. The van der Waals surface area contributed by atoms with Gasteiger partial charge in [-0.15, -0.1) is 12.4 Å². The summed E-state index contributed by atoms with van der Waals surface area (Å²) < 4.78 is 10.7. The van der Waals surface area contributed by atoms with E-state index in [0.29, 0.717) is 18.8 Å². The summed E-state index contributed by atoms with van der Waals surface area (Å²) in [5, 5.41) is 8.74. The second-order valence-corrected chi connectivity index (χ2v) is 5.35. The third-order valence-electron chi connectivity index (χ3n) is 3.87. The number of piperidine rings is 1. The molecule has 1 aliphatic rings. The highest BCUT2D eigenvalue weighted by Crippen LogP contribution is 2.18. The summed E-state index contributed by atoms with van der Waals surface area (Å²) in [6, 6.07) is 9.21. The molecule has 1 saturated heterocycles. The maximum Gasteiger partial charge on any atom is 0.309 e. The van der Waals surface area contributed by atoms with Crippen molar-refractivity contribution in [1.82, 2.24) is 4.90 Å². The van der Waals surface area contributed by atoms with Crippen LogP contribution in [0.15, 0.2) is 24.3 Å². The summed E-state index contributed by atoms with van der Waals surface area (Å²) in [5.41, 5.74) is 0.633. The van der Waals surface area contributed by atoms with Crippen molar-refractivity contribution in [3.63, 3.8) is 0 Å². The monoisotopic (exact) mass is 338 g/mol. The average Bonchev–Trinajstić information content (AvgIpc) is 2.56. The molecule has 0 bridgehead atoms. The Labute approximate surface area is 143 Å². The number of rotatable bonds is 6. The highest BCUT2D eigenvalue weighted by Gasteiger charge is 2.25. The van der Waals surface area contributed by atoms with Gasteiger partial charge in [0.05, 0.1) is 24.2 Å². The summed E-state index contributed by atoms with van der Waals surface area (Å²) in [7, 11) is 0. The Morgan fingerprint density at radius 1 is 1.30 bits per heavy atom. The van der Waals surface area contributed by atoms with Crippen LogP contribution in [0.1, 0.15) is 25.3 Å². The van der Waals surface area contributed by atoms with Gasteiger partial charge in [0.1, 0.15) is 12.4 Å². The molecule has 0 radical (unpaired) electrons. The van der Waals surface area contributed by atoms with Crippen molar-refractivity contribution in [2.75, 3.05) is 32.8 Å². The zero-order valence-corrected chi connectivity index (χ0v) is 14.2. The fourth-order valence-electron chi connectivity index (χ4n) is 2.57. The number of hydrogen-bond donors (Lipinski definition) is 0. The minimum absolute atomic E-state index is 0. The molecule has 1 heterocycles. The van der Waals surface area contributed by atoms with Crippen LogP contribution in [0.25, 0.3) is 0 Å². The number of nitriles is 1. The van der Waals surface area contributed by atoms with Crippen molar-refractivity contribution >= 4 is 18.4 Å². The lowest BCUT2D eigenvalue weighted by molar-refractivity contribution is -0.149. The number of carbonyl (C=O) groups is 1. The van der Waals surface area contributed by atoms with Gasteiger partial charge >= 0.3 is 5.97 Å². The summed E-state index contributed by atoms with van der Waals surface area (Å²) >= 11 is 0. The number of hydrogen-bond acceptors (Lipinski definition) is 5. The van der Waals surface area contributed by atoms with E-state index in [1.54, 1.807) is 12.1 Å². The van der Waals surface area contributed by atoms with Crippen LogP contribution < -0.4 is 4.74 Å². The standard InChI is InChI=1S/C17H22N2O3.ClH/c1-2-21-17(20)15-7-9-19(10-8-15)11-12-22-16-5-3-14(13-18)4-6-16;/h3-6,15H,2,7-12H2,1H3;1H. The summed E-state index contributed by atoms with van der Waals surface area (Å²) in [4.78, 5) is 14.0. The van der Waals surface area contributed by atoms with Gasteiger partial charge in [-0.25, -0.2) is 0 Å². The minimum Gasteiger partial charge on any atom is -0.492 e. The first-order valence-electron chi connectivity index (χ1n) is 7.75. The zero-order valence-electron chi connectivity index (χ0n) is 13.4. The first-order chi connectivity index (χ1) is 10.7. The van der Waals surface area contributed by atoms with Gasteiger partial charge in [0, 0.05) is 6.54 Å². The van der Waals surface area contributed by atoms with Crippen LogP contribution in [0.5, 0.6) is 5.75 Å². The van der Waals surface area contributed by atoms with E-state index >= 15 is 0 Å². The number of esters is 1. The zero-order chi connectivity index (χ0) is 15.8. The normalized spacial score (nSPS) is 15.3. The molecule has 0 aliphatic carbocycles. The molecule has 1 fully saturated rings. The van der Waals surface area contributed by atoms with Crippen molar-refractivity contribution < 1.29 is 14.3 Å². The summed E-state index contributed by atoms with van der Waals surface area (Å²) in [5.74, 6) is 0.770. The Balaban J connectivity index is 0.00000264. The molecule has 0 unspecified atom stereocenters. The van der Waals surface area contributed by atoms with Crippen LogP contribution in [0.3, 0.4) is 0 Å². The topological polar surface area (TPSA) is 62.6 Å². The number of carbonyl (C=O) groups excluding carboxylic acids is 1. The second-order valence-electron chi connectivity index (χ2n) is 5.35. The van der Waals surface area contributed by atoms with Crippen LogP contribution >= 0.6 is 12.4 Å². The Kier molecular flexibility index (Phi) is 8.46. The maximum atomic E-state index is 11.7. The lowest BCUT2D eigenvalue weighted by Crippen LogP contribution is -2.39. The molecule has 5 nitrogen and oxygen atoms in total. The van der Waals surface area contributed by atoms with Crippen LogP contribution in [0, 0.1) is 17.2 Å². The Morgan fingerprint density at radius 3 is 2.52 bits per heavy atom. The number of likely N-dealkylation sites (tertiary alicyclic amines) is 1. The number of nitrogens with zero attached hydrogens (tertiary/aromatic N) is 2. The molecule has 0 atom stereocenters. The minimum atomic E-state index is -0.0593. The molecule has 1 aromatic rings. The first kappa shape index (κ1) is 19.3. The molecular formula is C17H23ClN2O3. The van der Waals surface area contributed by atoms with Gasteiger partial charge in [0.15, 0.2) is 0 Å². The van der Waals surface area contributed by atoms with Gasteiger partial charge < -0.3 is 9.47 Å². The molecule has 0 saturated carbocycles. The van der Waals surface area contributed by atoms with Gasteiger partial charge in [-0.2, -0.15) is 5.26 Å². The molecule has 0 amide bonds. The van der Waals surface area contributed by atoms with Gasteiger partial charge in [0.25, 0.3) is 0 Å². The fraction of sp³-hybridized carbons (Fsp3) is 0.529. The predicted molar refractivity (Wildman–Crippen MR) is 89.7 cm³/mol. The van der Waals surface area contributed by atoms with E-state index in [-0.39, 0.29) is 24.3 Å². The molecule has 2 rings (SSSR count). The van der Waals surface area contributed by atoms with Gasteiger partial charge in [-0.1, -0.05) is 0 Å². The predicted octanol–water partition coefficient (Wildman–Crippen LogP) is 2.63.